The number of halogens is 5. The first kappa shape index (κ1) is 47.5. The third-order valence-corrected chi connectivity index (χ3v) is 9.68. The van der Waals surface area contributed by atoms with E-state index in [9.17, 15) is 0 Å². The molecule has 7 aromatic heterocycles. The van der Waals surface area contributed by atoms with Crippen molar-refractivity contribution in [1.82, 2.24) is 19.9 Å². The van der Waals surface area contributed by atoms with Gasteiger partial charge in [-0.05, 0) is 68.8 Å². The molecule has 2 aliphatic rings. The van der Waals surface area contributed by atoms with Crippen molar-refractivity contribution >= 4 is 46.4 Å². The van der Waals surface area contributed by atoms with Crippen LogP contribution in [0.25, 0.3) is 90.9 Å². The summed E-state index contributed by atoms with van der Waals surface area (Å²) in [5.41, 5.74) is 14.7. The molecule has 9 heterocycles. The molecule has 8 nitrogen and oxygen atoms in total. The van der Waals surface area contributed by atoms with Crippen molar-refractivity contribution in [2.75, 3.05) is 0 Å². The molecule has 58 heavy (non-hydrogen) atoms. The van der Waals surface area contributed by atoms with Crippen LogP contribution in [0.15, 0.2) is 122 Å². The van der Waals surface area contributed by atoms with Crippen LogP contribution in [0.1, 0.15) is 22.8 Å². The van der Waals surface area contributed by atoms with Crippen molar-refractivity contribution in [1.29, 1.82) is 0 Å². The number of fused-ring (bicyclic) bond motifs is 8. The Morgan fingerprint density at radius 1 is 0.328 bits per heavy atom. The molecular formula is C44H36Cl5FeN8. The van der Waals surface area contributed by atoms with E-state index in [2.05, 4.69) is 147 Å². The van der Waals surface area contributed by atoms with Crippen molar-refractivity contribution in [3.05, 3.63) is 145 Å². The van der Waals surface area contributed by atoms with Gasteiger partial charge in [-0.2, -0.15) is 0 Å². The summed E-state index contributed by atoms with van der Waals surface area (Å²) in [6.07, 6.45) is 24.9. The third kappa shape index (κ3) is 9.07. The molecule has 0 saturated carbocycles. The molecule has 0 amide bonds. The predicted octanol–water partition coefficient (Wildman–Crippen LogP) is -9.10. The van der Waals surface area contributed by atoms with Gasteiger partial charge in [-0.1, -0.05) is 24.3 Å². The molecule has 295 valence electrons. The Hall–Kier alpha value is -4.83. The van der Waals surface area contributed by atoms with Gasteiger partial charge in [0.1, 0.15) is 28.2 Å². The van der Waals surface area contributed by atoms with E-state index in [1.807, 2.05) is 46.5 Å². The molecule has 0 aliphatic carbocycles. The topological polar surface area (TPSA) is 69.5 Å². The number of nitrogens with zero attached hydrogens (tertiary/aromatic N) is 8. The van der Waals surface area contributed by atoms with Crippen molar-refractivity contribution < 1.29 is 97.4 Å². The quantitative estimate of drug-likeness (QED) is 0.130. The number of rotatable bonds is 4. The summed E-state index contributed by atoms with van der Waals surface area (Å²) in [6, 6.07) is 25.4. The smallest absolute Gasteiger partial charge is 1.00 e. The van der Waals surface area contributed by atoms with Crippen LogP contribution >= 0.6 is 0 Å². The van der Waals surface area contributed by atoms with E-state index in [-0.39, 0.29) is 79.1 Å². The van der Waals surface area contributed by atoms with E-state index in [0.29, 0.717) is 0 Å². The Kier molecular flexibility index (Phi) is 16.2. The largest absolute Gasteiger partial charge is 3.00 e. The van der Waals surface area contributed by atoms with Gasteiger partial charge >= 0.3 is 17.1 Å². The molecule has 0 fully saturated rings. The van der Waals surface area contributed by atoms with Crippen LogP contribution in [0, 0.1) is 0 Å². The molecule has 0 atom stereocenters. The summed E-state index contributed by atoms with van der Waals surface area (Å²) in [4.78, 5) is 21.4. The fourth-order valence-corrected chi connectivity index (χ4v) is 6.94. The summed E-state index contributed by atoms with van der Waals surface area (Å²) in [7, 11) is 8.10. The first-order chi connectivity index (χ1) is 25.4. The summed E-state index contributed by atoms with van der Waals surface area (Å²) >= 11 is 0. The number of hydrogen-bond acceptors (Lipinski definition) is 2. The van der Waals surface area contributed by atoms with Gasteiger partial charge in [-0.15, -0.1) is 22.1 Å². The molecule has 8 bridgehead atoms. The Balaban J connectivity index is 0.00000150. The standard InChI is InChI=1S/C44H36N8.5ClH.Fe/c1-49-21-13-29(14-22-49)41-33-5-7-35(45-33)42(30-15-23-50(2)24-16-30)37-9-11-39(47-37)44(32-19-27-52(4)28-20-32)40-12-10-38(48-40)43(36-8-6-34(41)46-36)31-17-25-51(3)26-18-31;;;;;;/h5-28H,1-4H3;5*1H;/q+2;;;;;;+3/p-5. The van der Waals surface area contributed by atoms with E-state index < -0.39 is 0 Å². The minimum atomic E-state index is 0. The molecular weight excluding hydrogens is 874 g/mol. The Labute approximate surface area is 379 Å². The molecule has 0 saturated heterocycles. The second-order valence-electron chi connectivity index (χ2n) is 13.4. The predicted molar refractivity (Wildman–Crippen MR) is 203 cm³/mol. The Morgan fingerprint density at radius 2 is 0.517 bits per heavy atom. The van der Waals surface area contributed by atoms with E-state index in [1.165, 1.54) is 0 Å². The average molecular weight is 910 g/mol. The van der Waals surface area contributed by atoms with Gasteiger partial charge in [0.25, 0.3) is 0 Å². The fraction of sp³-hybridized carbons (Fsp3) is 0.0909. The monoisotopic (exact) mass is 907 g/mol. The number of hydrogen-bond donors (Lipinski definition) is 0. The van der Waals surface area contributed by atoms with Gasteiger partial charge in [-0.3, -0.25) is 0 Å². The zero-order chi connectivity index (χ0) is 35.3. The van der Waals surface area contributed by atoms with Gasteiger partial charge in [0, 0.05) is 48.5 Å². The first-order valence-corrected chi connectivity index (χ1v) is 17.3. The van der Waals surface area contributed by atoms with Crippen LogP contribution in [0.4, 0.5) is 0 Å². The molecule has 14 heteroatoms. The summed E-state index contributed by atoms with van der Waals surface area (Å²) in [6.45, 7) is 0. The molecule has 0 spiro atoms. The van der Waals surface area contributed by atoms with Gasteiger partial charge in [0.2, 0.25) is 0 Å². The van der Waals surface area contributed by atoms with Crippen LogP contribution < -0.4 is 90.3 Å². The molecule has 7 aromatic rings. The summed E-state index contributed by atoms with van der Waals surface area (Å²) in [5.74, 6) is 0. The van der Waals surface area contributed by atoms with Gasteiger partial charge in [-0.25, -0.2) is 28.2 Å². The van der Waals surface area contributed by atoms with Gasteiger partial charge in [0.05, 0.1) is 22.8 Å². The van der Waals surface area contributed by atoms with Gasteiger partial charge in [0.15, 0.2) is 49.6 Å². The average Bonchev–Trinajstić information content (AvgIpc) is 3.99. The molecule has 1 radical (unpaired) electrons. The van der Waals surface area contributed by atoms with Crippen molar-refractivity contribution in [2.24, 2.45) is 28.2 Å². The maximum absolute atomic E-state index is 5.35. The van der Waals surface area contributed by atoms with Crippen LogP contribution in [0.5, 0.6) is 0 Å². The van der Waals surface area contributed by atoms with Crippen LogP contribution in [0.3, 0.4) is 0 Å². The summed E-state index contributed by atoms with van der Waals surface area (Å²) < 4.78 is 8.14. The van der Waals surface area contributed by atoms with E-state index in [1.54, 1.807) is 0 Å². The van der Waals surface area contributed by atoms with E-state index in [4.69, 9.17) is 19.9 Å². The van der Waals surface area contributed by atoms with Crippen LogP contribution in [-0.2, 0) is 45.3 Å². The van der Waals surface area contributed by atoms with Crippen molar-refractivity contribution in [3.63, 3.8) is 0 Å². The number of pyridine rings is 4. The van der Waals surface area contributed by atoms with Crippen molar-refractivity contribution in [2.45, 2.75) is 0 Å². The zero-order valence-electron chi connectivity index (χ0n) is 31.7. The maximum Gasteiger partial charge on any atom is 3.00 e. The molecule has 0 unspecified atom stereocenters. The molecule has 9 rings (SSSR count). The second kappa shape index (κ2) is 19.7. The molecule has 0 N–H and O–H groups in total. The SMILES string of the molecule is C[n+]1ccc(-c2c3nc(c(-c4cc[n+](C)cc4)c4ccc([n-]4)c(-c4cc[n+](C)cc4)c4nc(c(-c5cc[n+](C)cc5)c5ccc2[n-]5)C=C4)C=C3)cc1.[Cl-].[Cl-].[Cl-].[Cl-].[Cl-].[Fe+3]. The first-order valence-electron chi connectivity index (χ1n) is 17.3. The minimum Gasteiger partial charge on any atom is -1.00 e. The second-order valence-corrected chi connectivity index (χ2v) is 13.4. The normalized spacial score (nSPS) is 10.8. The fourth-order valence-electron chi connectivity index (χ4n) is 6.94. The Morgan fingerprint density at radius 3 is 0.707 bits per heavy atom. The molecule has 0 aromatic carbocycles. The third-order valence-electron chi connectivity index (χ3n) is 9.68. The van der Waals surface area contributed by atoms with Crippen LogP contribution in [0.2, 0.25) is 0 Å². The minimum absolute atomic E-state index is 0. The van der Waals surface area contributed by atoms with Crippen LogP contribution in [-0.4, -0.2) is 9.97 Å². The Bertz CT molecular complexity index is 2390. The van der Waals surface area contributed by atoms with Gasteiger partial charge < -0.3 is 72.0 Å². The number of aryl methyl sites for hydroxylation is 4. The number of aromatic nitrogens is 8. The van der Waals surface area contributed by atoms with E-state index in [0.717, 1.165) is 89.4 Å². The van der Waals surface area contributed by atoms with E-state index >= 15 is 0 Å². The summed E-state index contributed by atoms with van der Waals surface area (Å²) in [5, 5.41) is 0. The maximum atomic E-state index is 5.35. The van der Waals surface area contributed by atoms with Crippen molar-refractivity contribution in [3.8, 4) is 44.5 Å². The molecule has 2 aliphatic heterocycles. The zero-order valence-corrected chi connectivity index (χ0v) is 36.6.